The van der Waals surface area contributed by atoms with Gasteiger partial charge in [0.05, 0.1) is 9.83 Å². The van der Waals surface area contributed by atoms with Crippen LogP contribution in [0.25, 0.3) is 6.08 Å². The van der Waals surface area contributed by atoms with Crippen LogP contribution in [0.15, 0.2) is 41.3 Å². The topological polar surface area (TPSA) is 111 Å². The number of nitrogens with zero attached hydrogens (tertiary/aromatic N) is 2. The van der Waals surface area contributed by atoms with E-state index in [1.165, 1.54) is 17.0 Å². The van der Waals surface area contributed by atoms with Gasteiger partial charge in [0.2, 0.25) is 6.79 Å². The largest absolute Gasteiger partial charge is 0.454 e. The number of fused-ring (bicyclic) bond motifs is 1. The molecule has 0 aliphatic carbocycles. The molecule has 164 valence electrons. The second kappa shape index (κ2) is 9.15. The Balaban J connectivity index is 1.39. The fourth-order valence-electron chi connectivity index (χ4n) is 3.07. The molecule has 9 nitrogen and oxygen atoms in total. The zero-order valence-electron chi connectivity index (χ0n) is 16.2. The summed E-state index contributed by atoms with van der Waals surface area (Å²) < 4.78 is 11.0. The number of carbonyl (C=O) groups is 2. The Morgan fingerprint density at radius 1 is 1.28 bits per heavy atom. The normalized spacial score (nSPS) is 16.0. The summed E-state index contributed by atoms with van der Waals surface area (Å²) in [6, 6.07) is 9.13. The van der Waals surface area contributed by atoms with Gasteiger partial charge < -0.3 is 14.8 Å². The number of halogens is 1. The van der Waals surface area contributed by atoms with Crippen molar-refractivity contribution in [1.82, 2.24) is 10.2 Å². The summed E-state index contributed by atoms with van der Waals surface area (Å²) in [6.45, 7) is 0.338. The molecular weight excluding hydrogens is 478 g/mol. The average molecular weight is 492 g/mol. The van der Waals surface area contributed by atoms with Gasteiger partial charge >= 0.3 is 0 Å². The number of ether oxygens (including phenoxy) is 2. The van der Waals surface area contributed by atoms with E-state index >= 15 is 0 Å². The van der Waals surface area contributed by atoms with E-state index in [0.29, 0.717) is 20.7 Å². The van der Waals surface area contributed by atoms with E-state index in [9.17, 15) is 19.7 Å². The highest BCUT2D eigenvalue weighted by Crippen LogP contribution is 2.36. The number of nitro benzene ring substituents is 1. The summed E-state index contributed by atoms with van der Waals surface area (Å²) in [7, 11) is 0. The number of benzene rings is 2. The minimum Gasteiger partial charge on any atom is -0.454 e. The predicted molar refractivity (Wildman–Crippen MR) is 123 cm³/mol. The van der Waals surface area contributed by atoms with E-state index in [4.69, 9.17) is 33.3 Å². The van der Waals surface area contributed by atoms with Crippen molar-refractivity contribution in [3.8, 4) is 11.5 Å². The quantitative estimate of drug-likeness (QED) is 0.282. The Labute approximate surface area is 196 Å². The molecule has 2 aromatic rings. The minimum absolute atomic E-state index is 0.0579. The zero-order chi connectivity index (χ0) is 22.8. The summed E-state index contributed by atoms with van der Waals surface area (Å²) in [5.74, 6) is 0.318. The molecule has 2 amide bonds. The third kappa shape index (κ3) is 4.54. The minimum atomic E-state index is -0.677. The van der Waals surface area contributed by atoms with Crippen LogP contribution in [0.3, 0.4) is 0 Å². The van der Waals surface area contributed by atoms with Crippen molar-refractivity contribution in [3.05, 3.63) is 67.6 Å². The number of thiocarbonyl (C=S) groups is 1. The lowest BCUT2D eigenvalue weighted by Crippen LogP contribution is -2.37. The molecule has 0 saturated carbocycles. The molecule has 0 spiro atoms. The van der Waals surface area contributed by atoms with Crippen LogP contribution in [0, 0.1) is 10.1 Å². The molecule has 12 heteroatoms. The lowest BCUT2D eigenvalue weighted by Gasteiger charge is -2.14. The van der Waals surface area contributed by atoms with E-state index in [1.807, 2.05) is 0 Å². The van der Waals surface area contributed by atoms with Gasteiger partial charge in [0.15, 0.2) is 11.5 Å². The second-order valence-corrected chi connectivity index (χ2v) is 8.73. The molecule has 2 aliphatic heterocycles. The Morgan fingerprint density at radius 2 is 2.06 bits per heavy atom. The molecule has 1 fully saturated rings. The highest BCUT2D eigenvalue weighted by Gasteiger charge is 2.32. The zero-order valence-corrected chi connectivity index (χ0v) is 18.6. The van der Waals surface area contributed by atoms with Crippen LogP contribution in [-0.2, 0) is 4.79 Å². The Morgan fingerprint density at radius 3 is 2.84 bits per heavy atom. The second-order valence-electron chi connectivity index (χ2n) is 6.62. The predicted octanol–water partition coefficient (Wildman–Crippen LogP) is 3.61. The van der Waals surface area contributed by atoms with Crippen molar-refractivity contribution in [1.29, 1.82) is 0 Å². The molecule has 2 aromatic carbocycles. The first kappa shape index (κ1) is 22.1. The fourth-order valence-corrected chi connectivity index (χ4v) is 4.55. The van der Waals surface area contributed by atoms with Crippen LogP contribution in [0.4, 0.5) is 5.69 Å². The number of thioether (sulfide) groups is 1. The van der Waals surface area contributed by atoms with Crippen LogP contribution in [-0.4, -0.2) is 45.8 Å². The molecule has 4 rings (SSSR count). The van der Waals surface area contributed by atoms with E-state index in [2.05, 4.69) is 5.32 Å². The summed E-state index contributed by atoms with van der Waals surface area (Å²) >= 11 is 12.2. The smallest absolute Gasteiger partial charge is 0.283 e. The number of carbonyl (C=O) groups excluding carboxylic acids is 2. The van der Waals surface area contributed by atoms with Gasteiger partial charge in [0.25, 0.3) is 17.5 Å². The van der Waals surface area contributed by atoms with E-state index < -0.39 is 16.5 Å². The first-order chi connectivity index (χ1) is 15.3. The molecule has 0 aromatic heterocycles. The first-order valence-corrected chi connectivity index (χ1v) is 10.8. The van der Waals surface area contributed by atoms with Crippen LogP contribution in [0.2, 0.25) is 5.02 Å². The lowest BCUT2D eigenvalue weighted by molar-refractivity contribution is -0.385. The van der Waals surface area contributed by atoms with Crippen molar-refractivity contribution in [2.24, 2.45) is 0 Å². The highest BCUT2D eigenvalue weighted by molar-refractivity contribution is 8.26. The SMILES string of the molecule is O=C(NCCN1C(=O)/C(=C\c2ccc3c(c2)OCO3)SC1=S)c1ccc(Cl)cc1[N+](=O)[O-]. The molecule has 0 atom stereocenters. The average Bonchev–Trinajstić information content (AvgIpc) is 3.32. The van der Waals surface area contributed by atoms with Crippen molar-refractivity contribution in [3.63, 3.8) is 0 Å². The maximum absolute atomic E-state index is 12.8. The summed E-state index contributed by atoms with van der Waals surface area (Å²) in [6.07, 6.45) is 1.71. The number of hydrogen-bond donors (Lipinski definition) is 1. The third-order valence-corrected chi connectivity index (χ3v) is 6.20. The van der Waals surface area contributed by atoms with Gasteiger partial charge in [0, 0.05) is 24.2 Å². The molecule has 1 saturated heterocycles. The number of nitro groups is 1. The van der Waals surface area contributed by atoms with Gasteiger partial charge in [0.1, 0.15) is 9.88 Å². The van der Waals surface area contributed by atoms with Gasteiger partial charge in [-0.25, -0.2) is 0 Å². The van der Waals surface area contributed by atoms with Crippen molar-refractivity contribution in [2.45, 2.75) is 0 Å². The fraction of sp³-hybridized carbons (Fsp3) is 0.150. The van der Waals surface area contributed by atoms with Gasteiger partial charge in [-0.1, -0.05) is 41.6 Å². The van der Waals surface area contributed by atoms with Crippen molar-refractivity contribution in [2.75, 3.05) is 19.9 Å². The van der Waals surface area contributed by atoms with E-state index in [1.54, 1.807) is 24.3 Å². The molecular formula is C20H14ClN3O6S2. The highest BCUT2D eigenvalue weighted by atomic mass is 35.5. The number of rotatable bonds is 6. The van der Waals surface area contributed by atoms with Crippen LogP contribution >= 0.6 is 35.6 Å². The van der Waals surface area contributed by atoms with Gasteiger partial charge in [-0.05, 0) is 35.9 Å². The maximum atomic E-state index is 12.8. The van der Waals surface area contributed by atoms with E-state index in [-0.39, 0.29) is 36.4 Å². The lowest BCUT2D eigenvalue weighted by atomic mass is 10.1. The monoisotopic (exact) mass is 491 g/mol. The summed E-state index contributed by atoms with van der Waals surface area (Å²) in [5, 5.41) is 13.9. The first-order valence-electron chi connectivity index (χ1n) is 9.20. The molecule has 2 heterocycles. The Kier molecular flexibility index (Phi) is 6.31. The molecule has 2 aliphatic rings. The number of nitrogens with one attached hydrogen (secondary N) is 1. The van der Waals surface area contributed by atoms with Gasteiger partial charge in [-0.3, -0.25) is 24.6 Å². The molecule has 0 unspecified atom stereocenters. The standard InChI is InChI=1S/C20H14ClN3O6S2/c21-12-2-3-13(14(9-12)24(27)28)18(25)22-5-6-23-19(26)17(32-20(23)31)8-11-1-4-15-16(7-11)30-10-29-15/h1-4,7-9H,5-6,10H2,(H,22,25)/b17-8+. The Hall–Kier alpha value is -3.15. The molecule has 0 bridgehead atoms. The summed E-state index contributed by atoms with van der Waals surface area (Å²) in [4.78, 5) is 37.4. The van der Waals surface area contributed by atoms with E-state index in [0.717, 1.165) is 23.4 Å². The molecule has 1 N–H and O–H groups in total. The molecule has 0 radical (unpaired) electrons. The van der Waals surface area contributed by atoms with Gasteiger partial charge in [-0.2, -0.15) is 0 Å². The number of hydrogen-bond acceptors (Lipinski definition) is 8. The Bertz CT molecular complexity index is 1190. The molecule has 32 heavy (non-hydrogen) atoms. The van der Waals surface area contributed by atoms with Gasteiger partial charge in [-0.15, -0.1) is 0 Å². The van der Waals surface area contributed by atoms with Crippen LogP contribution in [0.1, 0.15) is 15.9 Å². The summed E-state index contributed by atoms with van der Waals surface area (Å²) in [5.41, 5.74) is 0.248. The number of amides is 2. The van der Waals surface area contributed by atoms with Crippen molar-refractivity contribution < 1.29 is 24.0 Å². The van der Waals surface area contributed by atoms with Crippen molar-refractivity contribution >= 4 is 63.5 Å². The third-order valence-electron chi connectivity index (χ3n) is 4.59. The maximum Gasteiger partial charge on any atom is 0.283 e. The van der Waals surface area contributed by atoms with Crippen LogP contribution in [0.5, 0.6) is 11.5 Å². The van der Waals surface area contributed by atoms with Crippen LogP contribution < -0.4 is 14.8 Å².